The van der Waals surface area contributed by atoms with Gasteiger partial charge in [0, 0.05) is 26.1 Å². The van der Waals surface area contributed by atoms with Gasteiger partial charge in [-0.3, -0.25) is 0 Å². The Morgan fingerprint density at radius 3 is 2.89 bits per heavy atom. The fourth-order valence-electron chi connectivity index (χ4n) is 1.50. The third-order valence-electron chi connectivity index (χ3n) is 2.39. The van der Waals surface area contributed by atoms with Gasteiger partial charge in [-0.05, 0) is 18.2 Å². The van der Waals surface area contributed by atoms with E-state index in [2.05, 4.69) is 9.99 Å². The molecule has 1 aliphatic heterocycles. The first kappa shape index (κ1) is 12.8. The zero-order chi connectivity index (χ0) is 13.1. The summed E-state index contributed by atoms with van der Waals surface area (Å²) >= 11 is 1.60. The number of rotatable bonds is 4. The van der Waals surface area contributed by atoms with Crippen molar-refractivity contribution in [1.82, 2.24) is 0 Å². The van der Waals surface area contributed by atoms with Crippen LogP contribution in [0.1, 0.15) is 4.88 Å². The molecule has 0 fully saturated rings. The molecule has 0 bridgehead atoms. The van der Waals surface area contributed by atoms with Crippen molar-refractivity contribution in [3.8, 4) is 0 Å². The minimum absolute atomic E-state index is 0.267. The summed E-state index contributed by atoms with van der Waals surface area (Å²) < 4.78 is 4.98. The summed E-state index contributed by atoms with van der Waals surface area (Å²) in [6.45, 7) is 0.267. The van der Waals surface area contributed by atoms with Crippen molar-refractivity contribution in [2.45, 2.75) is 0 Å². The van der Waals surface area contributed by atoms with E-state index in [4.69, 9.17) is 4.74 Å². The van der Waals surface area contributed by atoms with Crippen molar-refractivity contribution in [1.29, 1.82) is 0 Å². The largest absolute Gasteiger partial charge is 0.378 e. The summed E-state index contributed by atoms with van der Waals surface area (Å²) in [5.74, 6) is -0.429. The molecule has 2 rings (SSSR count). The molecule has 1 aromatic rings. The van der Waals surface area contributed by atoms with Gasteiger partial charge < -0.3 is 14.5 Å². The van der Waals surface area contributed by atoms with Gasteiger partial charge in [-0.1, -0.05) is 5.16 Å². The molecular formula is C12H14N2O3S. The number of thiophene rings is 1. The molecule has 0 spiro atoms. The van der Waals surface area contributed by atoms with Gasteiger partial charge in [-0.15, -0.1) is 11.3 Å². The van der Waals surface area contributed by atoms with E-state index in [9.17, 15) is 4.79 Å². The molecule has 0 aliphatic carbocycles. The summed E-state index contributed by atoms with van der Waals surface area (Å²) in [4.78, 5) is 19.2. The summed E-state index contributed by atoms with van der Waals surface area (Å²) in [5, 5.41) is 4.82. The first-order valence-electron chi connectivity index (χ1n) is 5.38. The van der Waals surface area contributed by atoms with Crippen molar-refractivity contribution in [3.63, 3.8) is 0 Å². The van der Waals surface area contributed by atoms with Gasteiger partial charge in [-0.2, -0.15) is 0 Å². The molecule has 0 N–H and O–H groups in total. The summed E-state index contributed by atoms with van der Waals surface area (Å²) in [6, 6.07) is 3.97. The minimum Gasteiger partial charge on any atom is -0.378 e. The average Bonchev–Trinajstić information content (AvgIpc) is 2.91. The maximum atomic E-state index is 11.5. The number of nitrogens with zero attached hydrogens (tertiary/aromatic N) is 2. The van der Waals surface area contributed by atoms with Crippen LogP contribution in [0.3, 0.4) is 0 Å². The van der Waals surface area contributed by atoms with Crippen molar-refractivity contribution in [3.05, 3.63) is 22.6 Å². The molecule has 5 nitrogen and oxygen atoms in total. The normalized spacial score (nSPS) is 16.9. The van der Waals surface area contributed by atoms with Gasteiger partial charge in [0.2, 0.25) is 0 Å². The molecule has 1 aromatic heterocycles. The molecule has 0 atom stereocenters. The second-order valence-corrected chi connectivity index (χ2v) is 5.07. The Bertz CT molecular complexity index is 517. The molecule has 0 saturated heterocycles. The Labute approximate surface area is 109 Å². The Morgan fingerprint density at radius 1 is 1.50 bits per heavy atom. The highest BCUT2D eigenvalue weighted by atomic mass is 32.1. The highest BCUT2D eigenvalue weighted by molar-refractivity contribution is 7.17. The van der Waals surface area contributed by atoms with E-state index in [1.54, 1.807) is 24.5 Å². The monoisotopic (exact) mass is 266 g/mol. The number of hydrogen-bond donors (Lipinski definition) is 0. The van der Waals surface area contributed by atoms with Crippen molar-refractivity contribution < 1.29 is 14.4 Å². The van der Waals surface area contributed by atoms with Crippen LogP contribution >= 0.6 is 11.3 Å². The first-order valence-corrected chi connectivity index (χ1v) is 6.20. The molecule has 6 heteroatoms. The molecule has 0 radical (unpaired) electrons. The third-order valence-corrected chi connectivity index (χ3v) is 3.59. The second-order valence-electron chi connectivity index (χ2n) is 3.98. The highest BCUT2D eigenvalue weighted by Gasteiger charge is 2.25. The SMILES string of the molecule is COCC1=NOC(=O)/C1=C\c1ccc(N(C)C)s1. The molecule has 2 heterocycles. The van der Waals surface area contributed by atoms with Crippen LogP contribution in [-0.4, -0.2) is 39.5 Å². The average molecular weight is 266 g/mol. The molecular weight excluding hydrogens is 252 g/mol. The van der Waals surface area contributed by atoms with Gasteiger partial charge >= 0.3 is 5.97 Å². The van der Waals surface area contributed by atoms with Crippen LogP contribution in [0.4, 0.5) is 5.00 Å². The van der Waals surface area contributed by atoms with E-state index >= 15 is 0 Å². The standard InChI is InChI=1S/C12H14N2O3S/c1-14(2)11-5-4-8(18-11)6-9-10(7-16-3)13-17-12(9)15/h4-6H,7H2,1-3H3/b9-6-. The van der Waals surface area contributed by atoms with Crippen molar-refractivity contribution in [2.75, 3.05) is 32.7 Å². The number of oxime groups is 1. The lowest BCUT2D eigenvalue weighted by Crippen LogP contribution is -2.10. The number of carbonyl (C=O) groups excluding carboxylic acids is 1. The smallest absolute Gasteiger partial charge is 0.367 e. The predicted molar refractivity (Wildman–Crippen MR) is 72.0 cm³/mol. The van der Waals surface area contributed by atoms with Crippen LogP contribution < -0.4 is 4.90 Å². The topological polar surface area (TPSA) is 51.1 Å². The lowest BCUT2D eigenvalue weighted by Gasteiger charge is -2.06. The number of ether oxygens (including phenoxy) is 1. The zero-order valence-corrected chi connectivity index (χ0v) is 11.3. The molecule has 0 aromatic carbocycles. The number of anilines is 1. The zero-order valence-electron chi connectivity index (χ0n) is 10.5. The van der Waals surface area contributed by atoms with Gasteiger partial charge in [0.25, 0.3) is 0 Å². The Morgan fingerprint density at radius 2 is 2.28 bits per heavy atom. The Kier molecular flexibility index (Phi) is 3.78. The van der Waals surface area contributed by atoms with Crippen molar-refractivity contribution in [2.24, 2.45) is 5.16 Å². The quantitative estimate of drug-likeness (QED) is 0.615. The summed E-state index contributed by atoms with van der Waals surface area (Å²) in [7, 11) is 5.51. The van der Waals surface area contributed by atoms with Crippen LogP contribution in [0.5, 0.6) is 0 Å². The van der Waals surface area contributed by atoms with Crippen LogP contribution in [0.2, 0.25) is 0 Å². The van der Waals surface area contributed by atoms with Gasteiger partial charge in [0.05, 0.1) is 17.2 Å². The molecule has 0 unspecified atom stereocenters. The van der Waals surface area contributed by atoms with E-state index in [1.807, 2.05) is 31.1 Å². The van der Waals surface area contributed by atoms with E-state index < -0.39 is 5.97 Å². The van der Waals surface area contributed by atoms with E-state index in [1.165, 1.54) is 0 Å². The van der Waals surface area contributed by atoms with Gasteiger partial charge in [0.15, 0.2) is 0 Å². The lowest BCUT2D eigenvalue weighted by atomic mass is 10.1. The highest BCUT2D eigenvalue weighted by Crippen LogP contribution is 2.27. The number of carbonyl (C=O) groups is 1. The van der Waals surface area contributed by atoms with E-state index in [0.717, 1.165) is 9.88 Å². The van der Waals surface area contributed by atoms with Gasteiger partial charge in [-0.25, -0.2) is 4.79 Å². The Hall–Kier alpha value is -1.66. The summed E-state index contributed by atoms with van der Waals surface area (Å²) in [6.07, 6.45) is 1.78. The van der Waals surface area contributed by atoms with Crippen LogP contribution in [-0.2, 0) is 14.4 Å². The maximum absolute atomic E-state index is 11.5. The predicted octanol–water partition coefficient (Wildman–Crippen LogP) is 1.76. The fraction of sp³-hybridized carbons (Fsp3) is 0.333. The second kappa shape index (κ2) is 5.32. The summed E-state index contributed by atoms with van der Waals surface area (Å²) in [5.41, 5.74) is 0.992. The van der Waals surface area contributed by atoms with Crippen molar-refractivity contribution >= 4 is 34.1 Å². The maximum Gasteiger partial charge on any atom is 0.367 e. The van der Waals surface area contributed by atoms with Crippen LogP contribution in [0.15, 0.2) is 22.9 Å². The van der Waals surface area contributed by atoms with Crippen LogP contribution in [0.25, 0.3) is 6.08 Å². The fourth-order valence-corrected chi connectivity index (χ4v) is 2.37. The molecule has 0 amide bonds. The number of hydrogen-bond acceptors (Lipinski definition) is 6. The number of methoxy groups -OCH3 is 1. The van der Waals surface area contributed by atoms with E-state index in [0.29, 0.717) is 11.3 Å². The lowest BCUT2D eigenvalue weighted by molar-refractivity contribution is -0.136. The third kappa shape index (κ3) is 2.60. The Balaban J connectivity index is 2.25. The van der Waals surface area contributed by atoms with Gasteiger partial charge in [0.1, 0.15) is 5.71 Å². The molecule has 96 valence electrons. The van der Waals surface area contributed by atoms with E-state index in [-0.39, 0.29) is 6.61 Å². The minimum atomic E-state index is -0.429. The molecule has 18 heavy (non-hydrogen) atoms. The molecule has 0 saturated carbocycles. The molecule has 1 aliphatic rings. The first-order chi connectivity index (χ1) is 8.61. The van der Waals surface area contributed by atoms with Crippen LogP contribution in [0, 0.1) is 0 Å².